The molecule has 3 nitrogen and oxygen atoms in total. The standard InChI is InChI=1S/C10H10F3N3/c1-2-16-8-4-3-6(14)5-7(8)15-9(16)10(11,12)13/h3-5H,2,14H2,1H3. The fourth-order valence-electron chi connectivity index (χ4n) is 1.68. The normalized spacial score (nSPS) is 12.2. The molecule has 0 radical (unpaired) electrons. The van der Waals surface area contributed by atoms with Gasteiger partial charge >= 0.3 is 6.18 Å². The second-order valence-electron chi connectivity index (χ2n) is 3.43. The Balaban J connectivity index is 2.76. The maximum atomic E-state index is 12.7. The van der Waals surface area contributed by atoms with Gasteiger partial charge in [-0.25, -0.2) is 4.98 Å². The van der Waals surface area contributed by atoms with Gasteiger partial charge in [0, 0.05) is 12.2 Å². The monoisotopic (exact) mass is 229 g/mol. The molecule has 0 spiro atoms. The molecule has 16 heavy (non-hydrogen) atoms. The van der Waals surface area contributed by atoms with E-state index < -0.39 is 12.0 Å². The van der Waals surface area contributed by atoms with E-state index in [4.69, 9.17) is 5.73 Å². The van der Waals surface area contributed by atoms with E-state index >= 15 is 0 Å². The highest BCUT2D eigenvalue weighted by Gasteiger charge is 2.37. The van der Waals surface area contributed by atoms with Crippen LogP contribution in [0.15, 0.2) is 18.2 Å². The third kappa shape index (κ3) is 1.60. The number of hydrogen-bond acceptors (Lipinski definition) is 2. The largest absolute Gasteiger partial charge is 0.449 e. The maximum Gasteiger partial charge on any atom is 0.449 e. The lowest BCUT2D eigenvalue weighted by Gasteiger charge is -2.08. The predicted octanol–water partition coefficient (Wildman–Crippen LogP) is 2.66. The van der Waals surface area contributed by atoms with E-state index in [2.05, 4.69) is 4.98 Å². The van der Waals surface area contributed by atoms with Crippen molar-refractivity contribution in [3.05, 3.63) is 24.0 Å². The number of imidazole rings is 1. The van der Waals surface area contributed by atoms with Gasteiger partial charge < -0.3 is 10.3 Å². The number of rotatable bonds is 1. The number of aryl methyl sites for hydroxylation is 1. The van der Waals surface area contributed by atoms with E-state index in [1.807, 2.05) is 0 Å². The molecule has 0 fully saturated rings. The topological polar surface area (TPSA) is 43.8 Å². The van der Waals surface area contributed by atoms with Gasteiger partial charge in [-0.2, -0.15) is 13.2 Å². The maximum absolute atomic E-state index is 12.7. The van der Waals surface area contributed by atoms with Crippen molar-refractivity contribution in [1.29, 1.82) is 0 Å². The number of halogens is 3. The Labute approximate surface area is 89.7 Å². The Morgan fingerprint density at radius 1 is 1.38 bits per heavy atom. The lowest BCUT2D eigenvalue weighted by molar-refractivity contribution is -0.146. The second kappa shape index (κ2) is 3.40. The number of alkyl halides is 3. The Morgan fingerprint density at radius 2 is 2.06 bits per heavy atom. The quantitative estimate of drug-likeness (QED) is 0.764. The van der Waals surface area contributed by atoms with Crippen LogP contribution >= 0.6 is 0 Å². The fourth-order valence-corrected chi connectivity index (χ4v) is 1.68. The van der Waals surface area contributed by atoms with Gasteiger partial charge in [-0.1, -0.05) is 0 Å². The van der Waals surface area contributed by atoms with Crippen LogP contribution in [0, 0.1) is 0 Å². The van der Waals surface area contributed by atoms with Gasteiger partial charge in [0.05, 0.1) is 11.0 Å². The van der Waals surface area contributed by atoms with Gasteiger partial charge in [0.1, 0.15) is 0 Å². The van der Waals surface area contributed by atoms with Crippen molar-refractivity contribution in [2.24, 2.45) is 0 Å². The summed E-state index contributed by atoms with van der Waals surface area (Å²) in [6.45, 7) is 1.86. The summed E-state index contributed by atoms with van der Waals surface area (Å²) in [5, 5.41) is 0. The molecule has 2 rings (SSSR count). The summed E-state index contributed by atoms with van der Waals surface area (Å²) in [6, 6.07) is 4.56. The predicted molar refractivity (Wildman–Crippen MR) is 54.8 cm³/mol. The van der Waals surface area contributed by atoms with Crippen LogP contribution in [0.5, 0.6) is 0 Å². The lowest BCUT2D eigenvalue weighted by atomic mass is 10.3. The smallest absolute Gasteiger partial charge is 0.399 e. The Bertz CT molecular complexity index is 528. The number of hydrogen-bond donors (Lipinski definition) is 1. The molecule has 2 N–H and O–H groups in total. The summed E-state index contributed by atoms with van der Waals surface area (Å²) in [6.07, 6.45) is -4.44. The van der Waals surface area contributed by atoms with E-state index in [-0.39, 0.29) is 12.1 Å². The first kappa shape index (κ1) is 10.8. The molecule has 0 amide bonds. The number of anilines is 1. The van der Waals surface area contributed by atoms with Crippen molar-refractivity contribution >= 4 is 16.7 Å². The number of fused-ring (bicyclic) bond motifs is 1. The molecule has 0 saturated heterocycles. The molecule has 1 aromatic heterocycles. The third-order valence-electron chi connectivity index (χ3n) is 2.34. The highest BCUT2D eigenvalue weighted by Crippen LogP contribution is 2.31. The first-order valence-electron chi connectivity index (χ1n) is 4.76. The average Bonchev–Trinajstić information content (AvgIpc) is 2.54. The summed E-state index contributed by atoms with van der Waals surface area (Å²) in [5.74, 6) is -0.879. The van der Waals surface area contributed by atoms with E-state index in [1.54, 1.807) is 19.1 Å². The molecule has 1 aromatic carbocycles. The molecule has 0 atom stereocenters. The highest BCUT2D eigenvalue weighted by molar-refractivity contribution is 5.79. The number of benzene rings is 1. The summed E-state index contributed by atoms with van der Waals surface area (Å²) >= 11 is 0. The Morgan fingerprint density at radius 3 is 2.62 bits per heavy atom. The van der Waals surface area contributed by atoms with Crippen molar-refractivity contribution in [3.63, 3.8) is 0 Å². The summed E-state index contributed by atoms with van der Waals surface area (Å²) in [7, 11) is 0. The minimum absolute atomic E-state index is 0.218. The summed E-state index contributed by atoms with van der Waals surface area (Å²) < 4.78 is 39.1. The number of aromatic nitrogens is 2. The average molecular weight is 229 g/mol. The van der Waals surface area contributed by atoms with E-state index in [0.717, 1.165) is 4.57 Å². The van der Waals surface area contributed by atoms with Crippen LogP contribution in [-0.4, -0.2) is 9.55 Å². The van der Waals surface area contributed by atoms with Crippen molar-refractivity contribution in [2.45, 2.75) is 19.6 Å². The van der Waals surface area contributed by atoms with Gasteiger partial charge in [-0.05, 0) is 25.1 Å². The van der Waals surface area contributed by atoms with Crippen molar-refractivity contribution < 1.29 is 13.2 Å². The molecular formula is C10H10F3N3. The molecule has 0 aliphatic rings. The van der Waals surface area contributed by atoms with Crippen LogP contribution in [-0.2, 0) is 12.7 Å². The van der Waals surface area contributed by atoms with Crippen LogP contribution in [0.4, 0.5) is 18.9 Å². The minimum Gasteiger partial charge on any atom is -0.399 e. The number of nitrogens with zero attached hydrogens (tertiary/aromatic N) is 2. The molecule has 6 heteroatoms. The van der Waals surface area contributed by atoms with Crippen LogP contribution in [0.25, 0.3) is 11.0 Å². The van der Waals surface area contributed by atoms with Crippen molar-refractivity contribution in [3.8, 4) is 0 Å². The van der Waals surface area contributed by atoms with Gasteiger partial charge in [0.15, 0.2) is 0 Å². The molecule has 86 valence electrons. The van der Waals surface area contributed by atoms with Crippen molar-refractivity contribution in [1.82, 2.24) is 9.55 Å². The Hall–Kier alpha value is -1.72. The Kier molecular flexibility index (Phi) is 2.29. The summed E-state index contributed by atoms with van der Waals surface area (Å²) in [5.41, 5.74) is 6.63. The zero-order valence-electron chi connectivity index (χ0n) is 8.54. The molecule has 2 aromatic rings. The van der Waals surface area contributed by atoms with E-state index in [0.29, 0.717) is 11.2 Å². The van der Waals surface area contributed by atoms with E-state index in [1.165, 1.54) is 6.07 Å². The van der Waals surface area contributed by atoms with Crippen LogP contribution in [0.3, 0.4) is 0 Å². The number of nitrogen functional groups attached to an aromatic ring is 1. The van der Waals surface area contributed by atoms with E-state index in [9.17, 15) is 13.2 Å². The van der Waals surface area contributed by atoms with Crippen molar-refractivity contribution in [2.75, 3.05) is 5.73 Å². The van der Waals surface area contributed by atoms with Crippen LogP contribution in [0.2, 0.25) is 0 Å². The fraction of sp³-hybridized carbons (Fsp3) is 0.300. The summed E-state index contributed by atoms with van der Waals surface area (Å²) in [4.78, 5) is 3.57. The molecule has 0 aliphatic carbocycles. The molecule has 1 heterocycles. The zero-order chi connectivity index (χ0) is 11.9. The first-order valence-corrected chi connectivity index (χ1v) is 4.76. The van der Waals surface area contributed by atoms with Gasteiger partial charge in [0.2, 0.25) is 5.82 Å². The zero-order valence-corrected chi connectivity index (χ0v) is 8.54. The number of nitrogens with two attached hydrogens (primary N) is 1. The molecule has 0 unspecified atom stereocenters. The minimum atomic E-state index is -4.44. The van der Waals surface area contributed by atoms with Gasteiger partial charge in [-0.15, -0.1) is 0 Å². The van der Waals surface area contributed by atoms with Crippen LogP contribution in [0.1, 0.15) is 12.7 Å². The highest BCUT2D eigenvalue weighted by atomic mass is 19.4. The van der Waals surface area contributed by atoms with Gasteiger partial charge in [-0.3, -0.25) is 0 Å². The SMILES string of the molecule is CCn1c(C(F)(F)F)nc2cc(N)ccc21. The first-order chi connectivity index (χ1) is 7.43. The molecule has 0 saturated carbocycles. The lowest BCUT2D eigenvalue weighted by Crippen LogP contribution is -2.14. The molecular weight excluding hydrogens is 219 g/mol. The van der Waals surface area contributed by atoms with Gasteiger partial charge in [0.25, 0.3) is 0 Å². The van der Waals surface area contributed by atoms with Crippen LogP contribution < -0.4 is 5.73 Å². The third-order valence-corrected chi connectivity index (χ3v) is 2.34. The molecule has 0 aliphatic heterocycles. The molecule has 0 bridgehead atoms. The second-order valence-corrected chi connectivity index (χ2v) is 3.43.